The third-order valence-electron chi connectivity index (χ3n) is 1.99. The van der Waals surface area contributed by atoms with E-state index < -0.39 is 0 Å². The highest BCUT2D eigenvalue weighted by atomic mass is 35.5. The molecule has 0 saturated carbocycles. The van der Waals surface area contributed by atoms with E-state index in [1.54, 1.807) is 18.5 Å². The molecule has 0 aliphatic rings. The molecule has 0 N–H and O–H groups in total. The summed E-state index contributed by atoms with van der Waals surface area (Å²) >= 11 is 17.4. The summed E-state index contributed by atoms with van der Waals surface area (Å²) in [6.07, 6.45) is 1.74. The molecule has 0 bridgehead atoms. The zero-order valence-electron chi connectivity index (χ0n) is 7.17. The molecule has 2 rings (SSSR count). The first-order valence-corrected chi connectivity index (χ1v) is 5.37. The van der Waals surface area contributed by atoms with E-state index in [0.717, 1.165) is 17.6 Å². The van der Waals surface area contributed by atoms with Crippen molar-refractivity contribution in [3.05, 3.63) is 28.5 Å². The maximum absolute atomic E-state index is 5.91. The molecule has 0 aliphatic heterocycles. The number of benzene rings is 1. The van der Waals surface area contributed by atoms with Crippen LogP contribution in [-0.2, 0) is 6.54 Å². The molecule has 74 valence electrons. The quantitative estimate of drug-likeness (QED) is 0.744. The van der Waals surface area contributed by atoms with Gasteiger partial charge in [-0.1, -0.05) is 23.2 Å². The number of aromatic nitrogens is 2. The minimum atomic E-state index is 0.523. The average molecular weight is 250 g/mol. The summed E-state index contributed by atoms with van der Waals surface area (Å²) in [7, 11) is 0. The van der Waals surface area contributed by atoms with Crippen LogP contribution in [0.5, 0.6) is 0 Å². The maximum atomic E-state index is 5.91. The lowest BCUT2D eigenvalue weighted by atomic mass is 10.3. The van der Waals surface area contributed by atoms with Crippen LogP contribution in [0.25, 0.3) is 11.0 Å². The number of nitrogens with zero attached hydrogens (tertiary/aromatic N) is 2. The molecule has 0 atom stereocenters. The van der Waals surface area contributed by atoms with Gasteiger partial charge in [-0.25, -0.2) is 4.98 Å². The molecule has 0 amide bonds. The largest absolute Gasteiger partial charge is 0.329 e. The van der Waals surface area contributed by atoms with E-state index in [9.17, 15) is 0 Å². The molecular weight excluding hydrogens is 242 g/mol. The van der Waals surface area contributed by atoms with Crippen molar-refractivity contribution in [2.45, 2.75) is 6.54 Å². The van der Waals surface area contributed by atoms with E-state index in [2.05, 4.69) is 4.98 Å². The molecule has 0 fully saturated rings. The first kappa shape index (κ1) is 10.1. The number of aryl methyl sites for hydroxylation is 1. The number of rotatable bonds is 2. The van der Waals surface area contributed by atoms with Gasteiger partial charge in [0.15, 0.2) is 0 Å². The topological polar surface area (TPSA) is 17.8 Å². The maximum Gasteiger partial charge on any atom is 0.0958 e. The number of alkyl halides is 1. The van der Waals surface area contributed by atoms with E-state index in [4.69, 9.17) is 34.8 Å². The summed E-state index contributed by atoms with van der Waals surface area (Å²) in [6.45, 7) is 0.718. The van der Waals surface area contributed by atoms with Crippen LogP contribution in [0.2, 0.25) is 10.0 Å². The molecule has 14 heavy (non-hydrogen) atoms. The standard InChI is InChI=1S/C9H7Cl3N2/c10-1-2-14-5-13-8-3-6(11)7(12)4-9(8)14/h3-5H,1-2H2. The van der Waals surface area contributed by atoms with E-state index in [1.807, 2.05) is 4.57 Å². The SMILES string of the molecule is ClCCn1cnc2cc(Cl)c(Cl)cc21. The van der Waals surface area contributed by atoms with Crippen molar-refractivity contribution in [3.63, 3.8) is 0 Å². The predicted octanol–water partition coefficient (Wildman–Crippen LogP) is 3.58. The minimum absolute atomic E-state index is 0.523. The Hall–Kier alpha value is -0.440. The Kier molecular flexibility index (Phi) is 2.86. The first-order chi connectivity index (χ1) is 6.72. The lowest BCUT2D eigenvalue weighted by Gasteiger charge is -2.01. The Bertz CT molecular complexity index is 464. The van der Waals surface area contributed by atoms with Crippen LogP contribution in [0.3, 0.4) is 0 Å². The fraction of sp³-hybridized carbons (Fsp3) is 0.222. The zero-order chi connectivity index (χ0) is 10.1. The van der Waals surface area contributed by atoms with Gasteiger partial charge in [-0.2, -0.15) is 0 Å². The van der Waals surface area contributed by atoms with Crippen LogP contribution in [0.15, 0.2) is 18.5 Å². The summed E-state index contributed by atoms with van der Waals surface area (Å²) in [4.78, 5) is 4.20. The van der Waals surface area contributed by atoms with Crippen molar-refractivity contribution < 1.29 is 0 Å². The number of hydrogen-bond donors (Lipinski definition) is 0. The Labute approximate surface area is 96.4 Å². The second-order valence-electron chi connectivity index (χ2n) is 2.88. The van der Waals surface area contributed by atoms with E-state index >= 15 is 0 Å². The van der Waals surface area contributed by atoms with Crippen molar-refractivity contribution in [2.75, 3.05) is 5.88 Å². The van der Waals surface area contributed by atoms with Gasteiger partial charge in [0.1, 0.15) is 0 Å². The van der Waals surface area contributed by atoms with Crippen molar-refractivity contribution >= 4 is 45.8 Å². The highest BCUT2D eigenvalue weighted by molar-refractivity contribution is 6.42. The lowest BCUT2D eigenvalue weighted by molar-refractivity contribution is 0.793. The molecule has 1 aromatic carbocycles. The van der Waals surface area contributed by atoms with Gasteiger partial charge in [0.2, 0.25) is 0 Å². The number of fused-ring (bicyclic) bond motifs is 1. The Morgan fingerprint density at radius 3 is 2.64 bits per heavy atom. The predicted molar refractivity (Wildman–Crippen MR) is 60.5 cm³/mol. The smallest absolute Gasteiger partial charge is 0.0958 e. The van der Waals surface area contributed by atoms with E-state index in [0.29, 0.717) is 15.9 Å². The Balaban J connectivity index is 2.61. The summed E-state index contributed by atoms with van der Waals surface area (Å²) < 4.78 is 1.95. The summed E-state index contributed by atoms with van der Waals surface area (Å²) in [5.74, 6) is 0.547. The van der Waals surface area contributed by atoms with Gasteiger partial charge in [0.05, 0.1) is 27.4 Å². The molecule has 2 aromatic rings. The highest BCUT2D eigenvalue weighted by Gasteiger charge is 2.05. The lowest BCUT2D eigenvalue weighted by Crippen LogP contribution is -1.96. The summed E-state index contributed by atoms with van der Waals surface area (Å²) in [6, 6.07) is 3.56. The molecule has 0 unspecified atom stereocenters. The molecule has 0 spiro atoms. The van der Waals surface area contributed by atoms with Gasteiger partial charge < -0.3 is 4.57 Å². The molecule has 5 heteroatoms. The van der Waals surface area contributed by atoms with Gasteiger partial charge >= 0.3 is 0 Å². The number of hydrogen-bond acceptors (Lipinski definition) is 1. The number of imidazole rings is 1. The van der Waals surface area contributed by atoms with Crippen molar-refractivity contribution in [1.82, 2.24) is 9.55 Å². The monoisotopic (exact) mass is 248 g/mol. The van der Waals surface area contributed by atoms with Crippen LogP contribution in [0.1, 0.15) is 0 Å². The van der Waals surface area contributed by atoms with Crippen LogP contribution < -0.4 is 0 Å². The highest BCUT2D eigenvalue weighted by Crippen LogP contribution is 2.27. The molecular formula is C9H7Cl3N2. The zero-order valence-corrected chi connectivity index (χ0v) is 9.44. The molecule has 2 nitrogen and oxygen atoms in total. The van der Waals surface area contributed by atoms with Crippen LogP contribution in [-0.4, -0.2) is 15.4 Å². The minimum Gasteiger partial charge on any atom is -0.329 e. The Morgan fingerprint density at radius 2 is 1.93 bits per heavy atom. The van der Waals surface area contributed by atoms with E-state index in [1.165, 1.54) is 0 Å². The van der Waals surface area contributed by atoms with Crippen molar-refractivity contribution in [1.29, 1.82) is 0 Å². The van der Waals surface area contributed by atoms with Gasteiger partial charge in [-0.05, 0) is 12.1 Å². The van der Waals surface area contributed by atoms with Crippen LogP contribution >= 0.6 is 34.8 Å². The fourth-order valence-corrected chi connectivity index (χ4v) is 1.82. The molecule has 0 saturated heterocycles. The molecule has 0 radical (unpaired) electrons. The summed E-state index contributed by atoms with van der Waals surface area (Å²) in [5, 5.41) is 1.06. The Morgan fingerprint density at radius 1 is 1.21 bits per heavy atom. The van der Waals surface area contributed by atoms with Crippen LogP contribution in [0.4, 0.5) is 0 Å². The van der Waals surface area contributed by atoms with Gasteiger partial charge in [0.25, 0.3) is 0 Å². The average Bonchev–Trinajstić information content (AvgIpc) is 2.51. The van der Waals surface area contributed by atoms with Crippen molar-refractivity contribution in [3.8, 4) is 0 Å². The second kappa shape index (κ2) is 3.97. The number of halogens is 3. The fourth-order valence-electron chi connectivity index (χ4n) is 1.32. The normalized spacial score (nSPS) is 11.1. The summed E-state index contributed by atoms with van der Waals surface area (Å²) in [5.41, 5.74) is 1.80. The molecule has 1 heterocycles. The molecule has 1 aromatic heterocycles. The van der Waals surface area contributed by atoms with Crippen LogP contribution in [0, 0.1) is 0 Å². The first-order valence-electron chi connectivity index (χ1n) is 4.08. The third-order valence-corrected chi connectivity index (χ3v) is 2.88. The van der Waals surface area contributed by atoms with E-state index in [-0.39, 0.29) is 0 Å². The van der Waals surface area contributed by atoms with Gasteiger partial charge in [-0.15, -0.1) is 11.6 Å². The molecule has 0 aliphatic carbocycles. The second-order valence-corrected chi connectivity index (χ2v) is 4.07. The third kappa shape index (κ3) is 1.70. The van der Waals surface area contributed by atoms with Gasteiger partial charge in [0, 0.05) is 12.4 Å². The van der Waals surface area contributed by atoms with Gasteiger partial charge in [-0.3, -0.25) is 0 Å². The van der Waals surface area contributed by atoms with Crippen molar-refractivity contribution in [2.24, 2.45) is 0 Å².